The second kappa shape index (κ2) is 13.5. The second-order valence-electron chi connectivity index (χ2n) is 14.0. The number of fused-ring (bicyclic) bond motifs is 4. The van der Waals surface area contributed by atoms with E-state index in [4.69, 9.17) is 32.7 Å². The molecule has 4 aromatic carbocycles. The number of hydrazine groups is 1. The maximum absolute atomic E-state index is 15.4. The third kappa shape index (κ3) is 5.37. The number of allylic oxidation sites excluding steroid dienone is 2. The molecular weight excluding hydrogens is 749 g/mol. The van der Waals surface area contributed by atoms with E-state index in [-0.39, 0.29) is 51.9 Å². The van der Waals surface area contributed by atoms with Gasteiger partial charge in [0.1, 0.15) is 5.75 Å². The number of rotatable bonds is 8. The number of halogens is 2. The van der Waals surface area contributed by atoms with Gasteiger partial charge < -0.3 is 19.7 Å². The average Bonchev–Trinajstić information content (AvgIpc) is 3.56. The highest BCUT2D eigenvalue weighted by Crippen LogP contribution is 2.65. The number of amides is 4. The summed E-state index contributed by atoms with van der Waals surface area (Å²) in [6.45, 7) is 0. The fourth-order valence-electron chi connectivity index (χ4n) is 9.16. The third-order valence-corrected chi connectivity index (χ3v) is 12.0. The molecule has 8 rings (SSSR count). The Bertz CT molecular complexity index is 2350. The van der Waals surface area contributed by atoms with Gasteiger partial charge in [-0.15, -0.1) is 0 Å². The molecule has 3 N–H and O–H groups in total. The number of hydrogen-bond acceptors (Lipinski definition) is 9. The molecule has 2 aliphatic carbocycles. The summed E-state index contributed by atoms with van der Waals surface area (Å²) >= 11 is 12.7. The molecule has 6 atom stereocenters. The molecule has 3 fully saturated rings. The molecule has 1 saturated carbocycles. The fourth-order valence-corrected chi connectivity index (χ4v) is 9.61. The van der Waals surface area contributed by atoms with Crippen molar-refractivity contribution < 1.29 is 43.7 Å². The standard InChI is InChI=1S/C41H33Cl2N3O9/c1-54-24-12-9-21(10-13-24)41-29(37(49)46(40(41)53)44-31-16-11-22(42)18-30(31)43)19-28-25(34(41)27-7-4-8-32(55-2)35(27)47)14-15-26-33(28)38(50)45(36(26)48)23-6-3-5-20(17-23)39(51)52/h3-14,16-18,26,28-29,33-34,44,47H,15,19H2,1-2H3,(H,51,52). The van der Waals surface area contributed by atoms with E-state index in [9.17, 15) is 29.4 Å². The van der Waals surface area contributed by atoms with Crippen LogP contribution in [0.1, 0.15) is 40.2 Å². The van der Waals surface area contributed by atoms with Gasteiger partial charge in [0.25, 0.3) is 11.8 Å². The molecule has 55 heavy (non-hydrogen) atoms. The van der Waals surface area contributed by atoms with Gasteiger partial charge in [0.05, 0.1) is 59.3 Å². The van der Waals surface area contributed by atoms with Crippen LogP contribution in [0.5, 0.6) is 17.2 Å². The number of para-hydroxylation sites is 1. The first-order valence-corrected chi connectivity index (χ1v) is 18.2. The number of benzene rings is 4. The van der Waals surface area contributed by atoms with Crippen molar-refractivity contribution in [3.05, 3.63) is 123 Å². The number of carbonyl (C=O) groups is 5. The van der Waals surface area contributed by atoms with Crippen molar-refractivity contribution in [1.82, 2.24) is 5.01 Å². The summed E-state index contributed by atoms with van der Waals surface area (Å²) < 4.78 is 11.0. The van der Waals surface area contributed by atoms with Crippen LogP contribution in [-0.2, 0) is 24.6 Å². The smallest absolute Gasteiger partial charge is 0.335 e. The molecule has 0 radical (unpaired) electrons. The Labute approximate surface area is 324 Å². The maximum atomic E-state index is 15.4. The van der Waals surface area contributed by atoms with Crippen LogP contribution < -0.4 is 19.8 Å². The Balaban J connectivity index is 1.34. The molecule has 280 valence electrons. The van der Waals surface area contributed by atoms with Crippen LogP contribution in [0, 0.1) is 23.7 Å². The van der Waals surface area contributed by atoms with Crippen molar-refractivity contribution in [3.8, 4) is 17.2 Å². The van der Waals surface area contributed by atoms with Crippen LogP contribution in [0.2, 0.25) is 10.0 Å². The molecular formula is C41H33Cl2N3O9. The minimum atomic E-state index is -1.70. The summed E-state index contributed by atoms with van der Waals surface area (Å²) in [5, 5.41) is 22.9. The van der Waals surface area contributed by atoms with Gasteiger partial charge in [-0.25, -0.2) is 4.79 Å². The monoisotopic (exact) mass is 781 g/mol. The Morgan fingerprint density at radius 2 is 1.62 bits per heavy atom. The first-order valence-electron chi connectivity index (χ1n) is 17.4. The largest absolute Gasteiger partial charge is 0.504 e. The van der Waals surface area contributed by atoms with Gasteiger partial charge in [-0.1, -0.05) is 65.2 Å². The molecule has 2 aliphatic heterocycles. The van der Waals surface area contributed by atoms with Crippen LogP contribution in [0.15, 0.2) is 96.6 Å². The van der Waals surface area contributed by atoms with Crippen LogP contribution in [0.25, 0.3) is 0 Å². The first kappa shape index (κ1) is 36.1. The lowest BCUT2D eigenvalue weighted by atomic mass is 9.49. The fraction of sp³-hybridized carbons (Fsp3) is 0.244. The highest BCUT2D eigenvalue weighted by molar-refractivity contribution is 6.36. The van der Waals surface area contributed by atoms with Gasteiger partial charge in [-0.05, 0) is 78.9 Å². The Kier molecular flexibility index (Phi) is 8.85. The van der Waals surface area contributed by atoms with Crippen molar-refractivity contribution in [3.63, 3.8) is 0 Å². The Morgan fingerprint density at radius 3 is 2.31 bits per heavy atom. The highest BCUT2D eigenvalue weighted by Gasteiger charge is 2.70. The zero-order chi connectivity index (χ0) is 38.9. The number of carboxylic acid groups (broad SMARTS) is 1. The normalized spacial score (nSPS) is 25.6. The lowest BCUT2D eigenvalue weighted by molar-refractivity contribution is -0.138. The summed E-state index contributed by atoms with van der Waals surface area (Å²) in [6, 6.07) is 21.9. The van der Waals surface area contributed by atoms with E-state index in [0.717, 1.165) is 9.91 Å². The second-order valence-corrected chi connectivity index (χ2v) is 14.8. The molecule has 2 heterocycles. The highest BCUT2D eigenvalue weighted by atomic mass is 35.5. The SMILES string of the molecule is COc1ccc(C23C(=O)N(Nc4ccc(Cl)cc4Cl)C(=O)C2CC2C(=CCC4C(=O)N(c5cccc(C(=O)O)c5)C(=O)C42)C3c2cccc(OC)c2O)cc1. The lowest BCUT2D eigenvalue weighted by Gasteiger charge is -2.50. The van der Waals surface area contributed by atoms with E-state index in [0.29, 0.717) is 21.9 Å². The van der Waals surface area contributed by atoms with Crippen LogP contribution >= 0.6 is 23.2 Å². The number of aromatic carboxylic acids is 1. The summed E-state index contributed by atoms with van der Waals surface area (Å²) in [5.74, 6) is -7.80. The van der Waals surface area contributed by atoms with E-state index in [1.165, 1.54) is 44.6 Å². The van der Waals surface area contributed by atoms with Gasteiger partial charge >= 0.3 is 5.97 Å². The number of imide groups is 2. The van der Waals surface area contributed by atoms with Gasteiger partial charge in [0.2, 0.25) is 11.8 Å². The number of carboxylic acids is 1. The van der Waals surface area contributed by atoms with E-state index < -0.39 is 64.6 Å². The lowest BCUT2D eigenvalue weighted by Crippen LogP contribution is -2.53. The van der Waals surface area contributed by atoms with Gasteiger partial charge in [-0.2, -0.15) is 5.01 Å². The number of hydrogen-bond donors (Lipinski definition) is 3. The van der Waals surface area contributed by atoms with Crippen LogP contribution in [0.3, 0.4) is 0 Å². The van der Waals surface area contributed by atoms with Crippen molar-refractivity contribution in [2.75, 3.05) is 24.5 Å². The average molecular weight is 783 g/mol. The number of anilines is 2. The molecule has 0 spiro atoms. The topological polar surface area (TPSA) is 163 Å². The molecule has 0 bridgehead atoms. The Hall–Kier alpha value is -5.85. The summed E-state index contributed by atoms with van der Waals surface area (Å²) in [4.78, 5) is 71.9. The van der Waals surface area contributed by atoms with Crippen molar-refractivity contribution in [2.45, 2.75) is 24.2 Å². The molecule has 14 heteroatoms. The van der Waals surface area contributed by atoms with Crippen LogP contribution in [0.4, 0.5) is 11.4 Å². The van der Waals surface area contributed by atoms with E-state index in [1.54, 1.807) is 54.6 Å². The zero-order valence-corrected chi connectivity index (χ0v) is 30.9. The number of phenols is 1. The molecule has 2 saturated heterocycles. The molecule has 6 unspecified atom stereocenters. The number of nitrogens with one attached hydrogen (secondary N) is 1. The minimum absolute atomic E-state index is 0.0145. The quantitative estimate of drug-likeness (QED) is 0.131. The van der Waals surface area contributed by atoms with Gasteiger partial charge in [-0.3, -0.25) is 29.5 Å². The maximum Gasteiger partial charge on any atom is 0.335 e. The number of carbonyl (C=O) groups excluding carboxylic acids is 4. The number of ether oxygens (including phenoxy) is 2. The van der Waals surface area contributed by atoms with Gasteiger partial charge in [0, 0.05) is 16.5 Å². The van der Waals surface area contributed by atoms with Crippen molar-refractivity contribution >= 4 is 64.2 Å². The van der Waals surface area contributed by atoms with E-state index >= 15 is 4.79 Å². The molecule has 12 nitrogen and oxygen atoms in total. The van der Waals surface area contributed by atoms with Gasteiger partial charge in [0.15, 0.2) is 11.5 Å². The summed E-state index contributed by atoms with van der Waals surface area (Å²) in [6.07, 6.45) is 1.95. The molecule has 4 aromatic rings. The predicted octanol–water partition coefficient (Wildman–Crippen LogP) is 6.60. The number of phenolic OH excluding ortho intramolecular Hbond substituents is 1. The molecule has 0 aromatic heterocycles. The zero-order valence-electron chi connectivity index (χ0n) is 29.4. The Morgan fingerprint density at radius 1 is 0.873 bits per heavy atom. The predicted molar refractivity (Wildman–Crippen MR) is 201 cm³/mol. The number of methoxy groups -OCH3 is 2. The first-order chi connectivity index (χ1) is 26.4. The summed E-state index contributed by atoms with van der Waals surface area (Å²) in [7, 11) is 2.91. The molecule has 4 aliphatic rings. The van der Waals surface area contributed by atoms with Crippen molar-refractivity contribution in [2.24, 2.45) is 23.7 Å². The van der Waals surface area contributed by atoms with E-state index in [1.807, 2.05) is 6.08 Å². The minimum Gasteiger partial charge on any atom is -0.504 e. The van der Waals surface area contributed by atoms with Crippen molar-refractivity contribution in [1.29, 1.82) is 0 Å². The van der Waals surface area contributed by atoms with Crippen LogP contribution in [-0.4, -0.2) is 59.0 Å². The summed E-state index contributed by atoms with van der Waals surface area (Å²) in [5.41, 5.74) is 2.86. The van der Waals surface area contributed by atoms with E-state index in [2.05, 4.69) is 5.43 Å². The third-order valence-electron chi connectivity index (χ3n) is 11.5. The number of nitrogens with zero attached hydrogens (tertiary/aromatic N) is 2. The number of aromatic hydroxyl groups is 1. The molecule has 4 amide bonds.